The molecule has 0 amide bonds. The molecule has 1 unspecified atom stereocenters. The van der Waals surface area contributed by atoms with Gasteiger partial charge in [0.1, 0.15) is 11.6 Å². The predicted molar refractivity (Wildman–Crippen MR) is 62.5 cm³/mol. The number of methoxy groups -OCH3 is 1. The molecule has 0 fully saturated rings. The van der Waals surface area contributed by atoms with Crippen molar-refractivity contribution >= 4 is 5.97 Å². The van der Waals surface area contributed by atoms with Gasteiger partial charge in [0.25, 0.3) is 0 Å². The first-order valence-electron chi connectivity index (χ1n) is 5.31. The van der Waals surface area contributed by atoms with Crippen molar-refractivity contribution in [3.8, 4) is 0 Å². The van der Waals surface area contributed by atoms with Crippen molar-refractivity contribution in [1.29, 1.82) is 0 Å². The summed E-state index contributed by atoms with van der Waals surface area (Å²) in [4.78, 5) is 11.2. The smallest absolute Gasteiger partial charge is 0.373 e. The number of hydrogen-bond acceptors (Lipinski definition) is 4. The van der Waals surface area contributed by atoms with Crippen LogP contribution in [0.1, 0.15) is 27.9 Å². The number of rotatable bonds is 3. The highest BCUT2D eigenvalue weighted by Gasteiger charge is 2.19. The molecular weight excluding hydrogens is 237 g/mol. The molecule has 0 aliphatic carbocycles. The average molecular weight is 249 g/mol. The molecule has 0 saturated heterocycles. The molecule has 0 spiro atoms. The number of benzene rings is 1. The van der Waals surface area contributed by atoms with E-state index in [2.05, 4.69) is 4.74 Å². The minimum Gasteiger partial charge on any atom is -0.463 e. The lowest BCUT2D eigenvalue weighted by molar-refractivity contribution is 0.0562. The van der Waals surface area contributed by atoms with Gasteiger partial charge in [-0.2, -0.15) is 0 Å². The molecule has 0 aliphatic heterocycles. The molecule has 0 bridgehead atoms. The highest BCUT2D eigenvalue weighted by atomic mass is 19.1. The van der Waals surface area contributed by atoms with E-state index in [-0.39, 0.29) is 5.76 Å². The van der Waals surface area contributed by atoms with Crippen LogP contribution in [0.25, 0.3) is 0 Å². The van der Waals surface area contributed by atoms with Crippen molar-refractivity contribution in [2.45, 2.75) is 6.04 Å². The van der Waals surface area contributed by atoms with E-state index in [1.165, 1.54) is 25.3 Å². The molecular formula is C13H12FNO3. The van der Waals surface area contributed by atoms with Gasteiger partial charge in [-0.15, -0.1) is 0 Å². The van der Waals surface area contributed by atoms with Crippen LogP contribution in [0.3, 0.4) is 0 Å². The van der Waals surface area contributed by atoms with Crippen LogP contribution >= 0.6 is 0 Å². The Morgan fingerprint density at radius 2 is 2.06 bits per heavy atom. The number of hydrogen-bond donors (Lipinski definition) is 1. The van der Waals surface area contributed by atoms with Crippen LogP contribution in [-0.2, 0) is 4.74 Å². The maximum atomic E-state index is 13.5. The minimum atomic E-state index is -0.760. The monoisotopic (exact) mass is 249 g/mol. The van der Waals surface area contributed by atoms with E-state index < -0.39 is 17.8 Å². The maximum Gasteiger partial charge on any atom is 0.373 e. The van der Waals surface area contributed by atoms with Gasteiger partial charge in [0.05, 0.1) is 13.2 Å². The highest BCUT2D eigenvalue weighted by molar-refractivity contribution is 5.86. The summed E-state index contributed by atoms with van der Waals surface area (Å²) in [6.45, 7) is 0. The summed E-state index contributed by atoms with van der Waals surface area (Å²) in [5.41, 5.74) is 6.19. The van der Waals surface area contributed by atoms with Gasteiger partial charge < -0.3 is 14.9 Å². The summed E-state index contributed by atoms with van der Waals surface area (Å²) in [6.07, 6.45) is 0. The first kappa shape index (κ1) is 12.3. The van der Waals surface area contributed by atoms with E-state index in [4.69, 9.17) is 10.2 Å². The van der Waals surface area contributed by atoms with E-state index >= 15 is 0 Å². The van der Waals surface area contributed by atoms with E-state index in [0.717, 1.165) is 0 Å². The molecule has 1 aromatic heterocycles. The summed E-state index contributed by atoms with van der Waals surface area (Å²) < 4.78 is 23.3. The lowest BCUT2D eigenvalue weighted by atomic mass is 10.1. The second kappa shape index (κ2) is 5.01. The Morgan fingerprint density at radius 3 is 2.72 bits per heavy atom. The van der Waals surface area contributed by atoms with Gasteiger partial charge in [0, 0.05) is 5.56 Å². The van der Waals surface area contributed by atoms with Gasteiger partial charge in [-0.25, -0.2) is 9.18 Å². The minimum absolute atomic E-state index is 0.0410. The number of esters is 1. The second-order valence-electron chi connectivity index (χ2n) is 3.69. The summed E-state index contributed by atoms with van der Waals surface area (Å²) >= 11 is 0. The summed E-state index contributed by atoms with van der Waals surface area (Å²) in [5.74, 6) is -0.664. The number of carbonyl (C=O) groups excluding carboxylic acids is 1. The van der Waals surface area contributed by atoms with Crippen LogP contribution in [0.2, 0.25) is 0 Å². The zero-order valence-electron chi connectivity index (χ0n) is 9.72. The van der Waals surface area contributed by atoms with Crippen LogP contribution < -0.4 is 5.73 Å². The molecule has 0 radical (unpaired) electrons. The molecule has 0 aliphatic rings. The topological polar surface area (TPSA) is 65.5 Å². The fraction of sp³-hybridized carbons (Fsp3) is 0.154. The molecule has 1 aromatic carbocycles. The lowest BCUT2D eigenvalue weighted by Crippen LogP contribution is -2.12. The van der Waals surface area contributed by atoms with Crippen molar-refractivity contribution in [3.63, 3.8) is 0 Å². The zero-order chi connectivity index (χ0) is 13.1. The molecule has 94 valence electrons. The quantitative estimate of drug-likeness (QED) is 0.847. The molecule has 2 rings (SSSR count). The fourth-order valence-electron chi connectivity index (χ4n) is 1.61. The third-order valence-corrected chi connectivity index (χ3v) is 2.56. The van der Waals surface area contributed by atoms with E-state index in [9.17, 15) is 9.18 Å². The molecule has 2 N–H and O–H groups in total. The molecule has 0 saturated carbocycles. The maximum absolute atomic E-state index is 13.5. The van der Waals surface area contributed by atoms with Crippen LogP contribution in [-0.4, -0.2) is 13.1 Å². The predicted octanol–water partition coefficient (Wildman–Crippen LogP) is 2.25. The first-order chi connectivity index (χ1) is 8.63. The molecule has 5 heteroatoms. The highest BCUT2D eigenvalue weighted by Crippen LogP contribution is 2.23. The average Bonchev–Trinajstić information content (AvgIpc) is 2.87. The Labute approximate surface area is 103 Å². The number of ether oxygens (including phenoxy) is 1. The largest absolute Gasteiger partial charge is 0.463 e. The van der Waals surface area contributed by atoms with E-state index in [0.29, 0.717) is 11.3 Å². The Bertz CT molecular complexity index is 565. The van der Waals surface area contributed by atoms with Crippen LogP contribution in [0.5, 0.6) is 0 Å². The van der Waals surface area contributed by atoms with E-state index in [1.54, 1.807) is 18.2 Å². The van der Waals surface area contributed by atoms with Gasteiger partial charge in [-0.3, -0.25) is 0 Å². The van der Waals surface area contributed by atoms with Crippen molar-refractivity contribution in [1.82, 2.24) is 0 Å². The van der Waals surface area contributed by atoms with Crippen LogP contribution in [0.15, 0.2) is 40.8 Å². The third-order valence-electron chi connectivity index (χ3n) is 2.56. The zero-order valence-corrected chi connectivity index (χ0v) is 9.72. The van der Waals surface area contributed by atoms with Gasteiger partial charge in [-0.05, 0) is 18.2 Å². The summed E-state index contributed by atoms with van der Waals surface area (Å²) in [5, 5.41) is 0. The number of furan rings is 1. The van der Waals surface area contributed by atoms with Crippen molar-refractivity contribution < 1.29 is 18.3 Å². The van der Waals surface area contributed by atoms with Gasteiger partial charge in [0.2, 0.25) is 5.76 Å². The van der Waals surface area contributed by atoms with Crippen LogP contribution in [0, 0.1) is 5.82 Å². The van der Waals surface area contributed by atoms with Crippen molar-refractivity contribution in [2.75, 3.05) is 7.11 Å². The molecule has 1 atom stereocenters. The van der Waals surface area contributed by atoms with Gasteiger partial charge in [0.15, 0.2) is 0 Å². The molecule has 2 aromatic rings. The second-order valence-corrected chi connectivity index (χ2v) is 3.69. The Balaban J connectivity index is 2.29. The molecule has 18 heavy (non-hydrogen) atoms. The standard InChI is InChI=1S/C13H12FNO3/c1-17-13(16)11-7-6-10(18-11)12(15)8-4-2-3-5-9(8)14/h2-7,12H,15H2,1H3. The number of halogens is 1. The Morgan fingerprint density at radius 1 is 1.33 bits per heavy atom. The van der Waals surface area contributed by atoms with Crippen molar-refractivity contribution in [2.24, 2.45) is 5.73 Å². The lowest BCUT2D eigenvalue weighted by Gasteiger charge is -2.09. The summed E-state index contributed by atoms with van der Waals surface area (Å²) in [7, 11) is 1.25. The molecule has 1 heterocycles. The number of carbonyl (C=O) groups is 1. The summed E-state index contributed by atoms with van der Waals surface area (Å²) in [6, 6.07) is 8.37. The normalized spacial score (nSPS) is 12.2. The van der Waals surface area contributed by atoms with E-state index in [1.807, 2.05) is 0 Å². The Hall–Kier alpha value is -2.14. The van der Waals surface area contributed by atoms with Gasteiger partial charge in [-0.1, -0.05) is 18.2 Å². The Kier molecular flexibility index (Phi) is 3.43. The fourth-order valence-corrected chi connectivity index (χ4v) is 1.61. The van der Waals surface area contributed by atoms with Crippen LogP contribution in [0.4, 0.5) is 4.39 Å². The number of nitrogens with two attached hydrogens (primary N) is 1. The van der Waals surface area contributed by atoms with Gasteiger partial charge >= 0.3 is 5.97 Å². The third kappa shape index (κ3) is 2.26. The first-order valence-corrected chi connectivity index (χ1v) is 5.31. The SMILES string of the molecule is COC(=O)c1ccc(C(N)c2ccccc2F)o1. The van der Waals surface area contributed by atoms with Crippen molar-refractivity contribution in [3.05, 3.63) is 59.3 Å². The molecule has 4 nitrogen and oxygen atoms in total.